The van der Waals surface area contributed by atoms with Crippen LogP contribution in [0.4, 0.5) is 0 Å². The molecule has 2 N–H and O–H groups in total. The fourth-order valence-corrected chi connectivity index (χ4v) is 2.20. The molecule has 0 aromatic carbocycles. The number of hydrogen-bond donors (Lipinski definition) is 1. The largest absolute Gasteiger partial charge is 0.347 e. The predicted molar refractivity (Wildman–Crippen MR) is 50.2 cm³/mol. The molecule has 1 spiro atoms. The molecule has 0 aromatic heterocycles. The van der Waals surface area contributed by atoms with Crippen molar-refractivity contribution in [3.8, 4) is 0 Å². The van der Waals surface area contributed by atoms with E-state index in [9.17, 15) is 0 Å². The lowest BCUT2D eigenvalue weighted by Gasteiger charge is -2.34. The molecular formula is C10H19NO2. The fourth-order valence-electron chi connectivity index (χ4n) is 2.20. The van der Waals surface area contributed by atoms with E-state index in [1.165, 1.54) is 12.8 Å². The summed E-state index contributed by atoms with van der Waals surface area (Å²) in [5, 5.41) is 0. The van der Waals surface area contributed by atoms with Crippen LogP contribution in [0.25, 0.3) is 0 Å². The number of ether oxygens (including phenoxy) is 2. The molecule has 3 nitrogen and oxygen atoms in total. The third-order valence-electron chi connectivity index (χ3n) is 3.21. The van der Waals surface area contributed by atoms with Crippen molar-refractivity contribution in [1.29, 1.82) is 0 Å². The van der Waals surface area contributed by atoms with Crippen LogP contribution in [0.15, 0.2) is 0 Å². The molecule has 0 bridgehead atoms. The molecule has 76 valence electrons. The van der Waals surface area contributed by atoms with E-state index in [2.05, 4.69) is 6.92 Å². The maximum Gasteiger partial charge on any atom is 0.168 e. The van der Waals surface area contributed by atoms with E-state index < -0.39 is 0 Å². The molecule has 1 aliphatic carbocycles. The molecule has 1 unspecified atom stereocenters. The van der Waals surface area contributed by atoms with Gasteiger partial charge in [-0.3, -0.25) is 0 Å². The summed E-state index contributed by atoms with van der Waals surface area (Å²) >= 11 is 0. The molecule has 1 saturated heterocycles. The molecule has 2 aliphatic rings. The van der Waals surface area contributed by atoms with Crippen LogP contribution >= 0.6 is 0 Å². The molecule has 3 heteroatoms. The zero-order valence-electron chi connectivity index (χ0n) is 8.29. The van der Waals surface area contributed by atoms with Crippen LogP contribution in [0.2, 0.25) is 0 Å². The maximum absolute atomic E-state index is 5.84. The van der Waals surface area contributed by atoms with Crippen molar-refractivity contribution in [2.45, 2.75) is 44.5 Å². The molecule has 0 aromatic rings. The van der Waals surface area contributed by atoms with Gasteiger partial charge in [0.15, 0.2) is 5.79 Å². The molecule has 1 saturated carbocycles. The minimum atomic E-state index is -0.253. The van der Waals surface area contributed by atoms with Gasteiger partial charge < -0.3 is 15.2 Å². The lowest BCUT2D eigenvalue weighted by molar-refractivity contribution is -0.190. The molecule has 0 radical (unpaired) electrons. The fraction of sp³-hybridized carbons (Fsp3) is 1.00. The quantitative estimate of drug-likeness (QED) is 0.669. The van der Waals surface area contributed by atoms with Crippen molar-refractivity contribution < 1.29 is 9.47 Å². The summed E-state index contributed by atoms with van der Waals surface area (Å²) in [7, 11) is 0. The van der Waals surface area contributed by atoms with Gasteiger partial charge in [-0.15, -0.1) is 0 Å². The van der Waals surface area contributed by atoms with Crippen LogP contribution in [-0.2, 0) is 9.47 Å². The van der Waals surface area contributed by atoms with E-state index in [-0.39, 0.29) is 11.9 Å². The van der Waals surface area contributed by atoms with Crippen molar-refractivity contribution in [3.05, 3.63) is 0 Å². The summed E-state index contributed by atoms with van der Waals surface area (Å²) in [5.74, 6) is 0.575. The molecular weight excluding hydrogens is 166 g/mol. The zero-order chi connectivity index (χ0) is 9.31. The monoisotopic (exact) mass is 185 g/mol. The molecule has 13 heavy (non-hydrogen) atoms. The summed E-state index contributed by atoms with van der Waals surface area (Å²) in [6.07, 6.45) is 4.66. The van der Waals surface area contributed by atoms with Gasteiger partial charge in [0.05, 0.1) is 12.7 Å². The van der Waals surface area contributed by atoms with Crippen molar-refractivity contribution in [2.75, 3.05) is 13.2 Å². The second-order valence-corrected chi connectivity index (χ2v) is 4.38. The minimum absolute atomic E-state index is 0.133. The van der Waals surface area contributed by atoms with Gasteiger partial charge in [-0.25, -0.2) is 0 Å². The van der Waals surface area contributed by atoms with Crippen LogP contribution in [0.3, 0.4) is 0 Å². The highest BCUT2D eigenvalue weighted by molar-refractivity contribution is 4.84. The highest BCUT2D eigenvalue weighted by atomic mass is 16.7. The Labute approximate surface area is 79.6 Å². The first kappa shape index (κ1) is 9.44. The molecule has 2 fully saturated rings. The van der Waals surface area contributed by atoms with E-state index in [4.69, 9.17) is 15.2 Å². The van der Waals surface area contributed by atoms with Crippen LogP contribution in [0, 0.1) is 5.92 Å². The number of nitrogens with two attached hydrogens (primary N) is 1. The first-order valence-corrected chi connectivity index (χ1v) is 5.26. The highest BCUT2D eigenvalue weighted by Gasteiger charge is 2.42. The van der Waals surface area contributed by atoms with Gasteiger partial charge in [-0.2, -0.15) is 0 Å². The van der Waals surface area contributed by atoms with Crippen molar-refractivity contribution in [3.63, 3.8) is 0 Å². The number of rotatable bonds is 1. The van der Waals surface area contributed by atoms with E-state index in [1.807, 2.05) is 0 Å². The van der Waals surface area contributed by atoms with Gasteiger partial charge in [0.2, 0.25) is 0 Å². The minimum Gasteiger partial charge on any atom is -0.347 e. The second kappa shape index (κ2) is 3.56. The summed E-state index contributed by atoms with van der Waals surface area (Å²) < 4.78 is 11.6. The van der Waals surface area contributed by atoms with Crippen LogP contribution < -0.4 is 5.73 Å². The highest BCUT2D eigenvalue weighted by Crippen LogP contribution is 2.39. The van der Waals surface area contributed by atoms with Gasteiger partial charge in [-0.05, 0) is 18.8 Å². The number of hydrogen-bond acceptors (Lipinski definition) is 3. The average Bonchev–Trinajstić information content (AvgIpc) is 2.55. The lowest BCUT2D eigenvalue weighted by Crippen LogP contribution is -2.36. The Balaban J connectivity index is 1.92. The van der Waals surface area contributed by atoms with Crippen molar-refractivity contribution in [2.24, 2.45) is 11.7 Å². The van der Waals surface area contributed by atoms with Gasteiger partial charge in [0.1, 0.15) is 0 Å². The predicted octanol–water partition coefficient (Wildman–Crippen LogP) is 1.27. The summed E-state index contributed by atoms with van der Waals surface area (Å²) in [6.45, 7) is 3.56. The first-order valence-electron chi connectivity index (χ1n) is 5.26. The van der Waals surface area contributed by atoms with Crippen LogP contribution in [0.5, 0.6) is 0 Å². The third-order valence-corrected chi connectivity index (χ3v) is 3.21. The van der Waals surface area contributed by atoms with E-state index >= 15 is 0 Å². The van der Waals surface area contributed by atoms with E-state index in [0.717, 1.165) is 18.8 Å². The SMILES string of the molecule is CC1CCC2(CC1)OCC(CN)O2. The Bertz CT molecular complexity index is 176. The Morgan fingerprint density at radius 2 is 2.08 bits per heavy atom. The third kappa shape index (κ3) is 1.87. The Morgan fingerprint density at radius 3 is 2.62 bits per heavy atom. The smallest absolute Gasteiger partial charge is 0.168 e. The average molecular weight is 185 g/mol. The normalized spacial score (nSPS) is 45.7. The Morgan fingerprint density at radius 1 is 1.38 bits per heavy atom. The Kier molecular flexibility index (Phi) is 2.58. The van der Waals surface area contributed by atoms with Gasteiger partial charge in [0.25, 0.3) is 0 Å². The van der Waals surface area contributed by atoms with Gasteiger partial charge in [-0.1, -0.05) is 6.92 Å². The molecule has 0 amide bonds. The van der Waals surface area contributed by atoms with Crippen molar-refractivity contribution >= 4 is 0 Å². The molecule has 1 heterocycles. The summed E-state index contributed by atoms with van der Waals surface area (Å²) in [5.41, 5.74) is 5.55. The first-order chi connectivity index (χ1) is 6.24. The molecule has 1 aliphatic heterocycles. The lowest BCUT2D eigenvalue weighted by atomic mass is 9.86. The standard InChI is InChI=1S/C10H19NO2/c1-8-2-4-10(5-3-8)12-7-9(6-11)13-10/h8-9H,2-7,11H2,1H3. The maximum atomic E-state index is 5.84. The molecule has 1 atom stereocenters. The Hall–Kier alpha value is -0.120. The van der Waals surface area contributed by atoms with Gasteiger partial charge in [0, 0.05) is 19.4 Å². The second-order valence-electron chi connectivity index (χ2n) is 4.38. The summed E-state index contributed by atoms with van der Waals surface area (Å²) in [4.78, 5) is 0. The van der Waals surface area contributed by atoms with Crippen molar-refractivity contribution in [1.82, 2.24) is 0 Å². The van der Waals surface area contributed by atoms with Crippen LogP contribution in [-0.4, -0.2) is 25.0 Å². The van der Waals surface area contributed by atoms with Gasteiger partial charge >= 0.3 is 0 Å². The van der Waals surface area contributed by atoms with Crippen LogP contribution in [0.1, 0.15) is 32.6 Å². The zero-order valence-corrected chi connectivity index (χ0v) is 8.29. The van der Waals surface area contributed by atoms with E-state index in [0.29, 0.717) is 13.2 Å². The summed E-state index contributed by atoms with van der Waals surface area (Å²) in [6, 6.07) is 0. The molecule has 2 rings (SSSR count). The topological polar surface area (TPSA) is 44.5 Å². The van der Waals surface area contributed by atoms with E-state index in [1.54, 1.807) is 0 Å².